The van der Waals surface area contributed by atoms with Gasteiger partial charge in [-0.05, 0) is 43.9 Å². The zero-order chi connectivity index (χ0) is 13.0. The summed E-state index contributed by atoms with van der Waals surface area (Å²) in [4.78, 5) is 0. The molecule has 1 atom stereocenters. The van der Waals surface area contributed by atoms with E-state index < -0.39 is 0 Å². The van der Waals surface area contributed by atoms with Crippen LogP contribution in [0, 0.1) is 5.92 Å². The molecule has 1 unspecified atom stereocenters. The van der Waals surface area contributed by atoms with Crippen molar-refractivity contribution in [2.24, 2.45) is 11.7 Å². The van der Waals surface area contributed by atoms with E-state index in [2.05, 4.69) is 22.0 Å². The van der Waals surface area contributed by atoms with E-state index >= 15 is 0 Å². The van der Waals surface area contributed by atoms with Crippen molar-refractivity contribution >= 4 is 15.9 Å². The van der Waals surface area contributed by atoms with Crippen LogP contribution in [0.5, 0.6) is 5.75 Å². The van der Waals surface area contributed by atoms with Gasteiger partial charge in [0, 0.05) is 16.1 Å². The van der Waals surface area contributed by atoms with Crippen LogP contribution in [0.3, 0.4) is 0 Å². The molecule has 2 N–H and O–H groups in total. The molecule has 0 aromatic heterocycles. The van der Waals surface area contributed by atoms with E-state index in [9.17, 15) is 0 Å². The topological polar surface area (TPSA) is 35.2 Å². The van der Waals surface area contributed by atoms with Crippen LogP contribution in [0.2, 0.25) is 0 Å². The highest BCUT2D eigenvalue weighted by Crippen LogP contribution is 2.29. The predicted octanol–water partition coefficient (Wildman–Crippen LogP) is 4.43. The molecule has 0 amide bonds. The lowest BCUT2D eigenvalue weighted by Gasteiger charge is -2.23. The molecule has 1 aliphatic rings. The zero-order valence-electron chi connectivity index (χ0n) is 11.0. The lowest BCUT2D eigenvalue weighted by molar-refractivity contribution is 0.207. The summed E-state index contributed by atoms with van der Waals surface area (Å²) in [6.45, 7) is 2.83. The molecule has 0 radical (unpaired) electrons. The van der Waals surface area contributed by atoms with Gasteiger partial charge in [0.2, 0.25) is 0 Å². The average molecular weight is 312 g/mol. The van der Waals surface area contributed by atoms with E-state index in [4.69, 9.17) is 10.5 Å². The SMILES string of the molecule is CC(N)c1cc(Br)ccc1OCC1CCCCC1. The Kier molecular flexibility index (Phi) is 5.07. The Hall–Kier alpha value is -0.540. The molecule has 0 saturated heterocycles. The third-order valence-corrected chi connectivity index (χ3v) is 4.15. The van der Waals surface area contributed by atoms with Gasteiger partial charge in [-0.3, -0.25) is 0 Å². The van der Waals surface area contributed by atoms with Crippen molar-refractivity contribution < 1.29 is 4.74 Å². The molecule has 1 aromatic carbocycles. The first-order chi connectivity index (χ1) is 8.66. The number of hydrogen-bond acceptors (Lipinski definition) is 2. The fourth-order valence-electron chi connectivity index (χ4n) is 2.57. The average Bonchev–Trinajstić information content (AvgIpc) is 2.38. The standard InChI is InChI=1S/C15H22BrNO/c1-11(17)14-9-13(16)7-8-15(14)18-10-12-5-3-2-4-6-12/h7-9,11-12H,2-6,10,17H2,1H3. The van der Waals surface area contributed by atoms with Gasteiger partial charge in [-0.2, -0.15) is 0 Å². The highest BCUT2D eigenvalue weighted by molar-refractivity contribution is 9.10. The molecule has 0 bridgehead atoms. The molecule has 1 aromatic rings. The largest absolute Gasteiger partial charge is 0.493 e. The smallest absolute Gasteiger partial charge is 0.124 e. The Balaban J connectivity index is 1.99. The van der Waals surface area contributed by atoms with Gasteiger partial charge < -0.3 is 10.5 Å². The van der Waals surface area contributed by atoms with Crippen LogP contribution < -0.4 is 10.5 Å². The molecule has 1 aliphatic carbocycles. The van der Waals surface area contributed by atoms with Crippen LogP contribution in [0.1, 0.15) is 50.6 Å². The molecule has 3 heteroatoms. The predicted molar refractivity (Wildman–Crippen MR) is 78.8 cm³/mol. The highest BCUT2D eigenvalue weighted by atomic mass is 79.9. The Bertz CT molecular complexity index is 386. The van der Waals surface area contributed by atoms with Crippen molar-refractivity contribution in [1.82, 2.24) is 0 Å². The molecule has 18 heavy (non-hydrogen) atoms. The van der Waals surface area contributed by atoms with Gasteiger partial charge in [0.05, 0.1) is 6.61 Å². The highest BCUT2D eigenvalue weighted by Gasteiger charge is 2.15. The fraction of sp³-hybridized carbons (Fsp3) is 0.600. The van der Waals surface area contributed by atoms with Crippen LogP contribution >= 0.6 is 15.9 Å². The molecular weight excluding hydrogens is 290 g/mol. The minimum Gasteiger partial charge on any atom is -0.493 e. The van der Waals surface area contributed by atoms with Gasteiger partial charge in [-0.25, -0.2) is 0 Å². The number of ether oxygens (including phenoxy) is 1. The number of halogens is 1. The summed E-state index contributed by atoms with van der Waals surface area (Å²) >= 11 is 3.48. The molecule has 2 nitrogen and oxygen atoms in total. The van der Waals surface area contributed by atoms with E-state index in [1.54, 1.807) is 0 Å². The Morgan fingerprint density at radius 2 is 2.06 bits per heavy atom. The van der Waals surface area contributed by atoms with E-state index in [1.807, 2.05) is 19.1 Å². The zero-order valence-corrected chi connectivity index (χ0v) is 12.6. The molecule has 0 heterocycles. The first-order valence-corrected chi connectivity index (χ1v) is 7.64. The molecule has 1 fully saturated rings. The van der Waals surface area contributed by atoms with Gasteiger partial charge in [0.25, 0.3) is 0 Å². The number of benzene rings is 1. The first-order valence-electron chi connectivity index (χ1n) is 6.84. The van der Waals surface area contributed by atoms with E-state index in [0.717, 1.165) is 28.3 Å². The molecule has 2 rings (SSSR count). The minimum atomic E-state index is 0.00357. The van der Waals surface area contributed by atoms with Crippen molar-refractivity contribution in [3.8, 4) is 5.75 Å². The van der Waals surface area contributed by atoms with Crippen LogP contribution in [0.15, 0.2) is 22.7 Å². The minimum absolute atomic E-state index is 0.00357. The normalized spacial score (nSPS) is 18.6. The molecule has 0 aliphatic heterocycles. The van der Waals surface area contributed by atoms with Crippen molar-refractivity contribution in [2.45, 2.75) is 45.1 Å². The Morgan fingerprint density at radius 3 is 2.72 bits per heavy atom. The van der Waals surface area contributed by atoms with Gasteiger partial charge in [0.1, 0.15) is 5.75 Å². The third-order valence-electron chi connectivity index (χ3n) is 3.66. The second-order valence-electron chi connectivity index (χ2n) is 5.29. The van der Waals surface area contributed by atoms with Gasteiger partial charge >= 0.3 is 0 Å². The molecular formula is C15H22BrNO. The van der Waals surface area contributed by atoms with Crippen molar-refractivity contribution in [3.05, 3.63) is 28.2 Å². The monoisotopic (exact) mass is 311 g/mol. The lowest BCUT2D eigenvalue weighted by Crippen LogP contribution is -2.16. The second kappa shape index (κ2) is 6.58. The molecule has 100 valence electrons. The summed E-state index contributed by atoms with van der Waals surface area (Å²) in [5, 5.41) is 0. The second-order valence-corrected chi connectivity index (χ2v) is 6.20. The third kappa shape index (κ3) is 3.72. The maximum atomic E-state index is 5.99. The molecule has 0 spiro atoms. The number of rotatable bonds is 4. The van der Waals surface area contributed by atoms with E-state index in [-0.39, 0.29) is 6.04 Å². The lowest BCUT2D eigenvalue weighted by atomic mass is 9.90. The van der Waals surface area contributed by atoms with Gasteiger partial charge in [-0.15, -0.1) is 0 Å². The summed E-state index contributed by atoms with van der Waals surface area (Å²) in [5.41, 5.74) is 7.07. The van der Waals surface area contributed by atoms with Crippen molar-refractivity contribution in [2.75, 3.05) is 6.61 Å². The Labute approximate surface area is 118 Å². The number of hydrogen-bond donors (Lipinski definition) is 1. The molecule has 1 saturated carbocycles. The van der Waals surface area contributed by atoms with Gasteiger partial charge in [0.15, 0.2) is 0 Å². The van der Waals surface area contributed by atoms with Crippen molar-refractivity contribution in [1.29, 1.82) is 0 Å². The van der Waals surface area contributed by atoms with E-state index in [1.165, 1.54) is 32.1 Å². The van der Waals surface area contributed by atoms with Crippen LogP contribution in [-0.4, -0.2) is 6.61 Å². The van der Waals surface area contributed by atoms with E-state index in [0.29, 0.717) is 0 Å². The number of nitrogens with two attached hydrogens (primary N) is 1. The summed E-state index contributed by atoms with van der Waals surface area (Å²) in [6.07, 6.45) is 6.72. The Morgan fingerprint density at radius 1 is 1.33 bits per heavy atom. The fourth-order valence-corrected chi connectivity index (χ4v) is 2.95. The summed E-state index contributed by atoms with van der Waals surface area (Å²) in [6, 6.07) is 6.10. The summed E-state index contributed by atoms with van der Waals surface area (Å²) in [5.74, 6) is 1.67. The van der Waals surface area contributed by atoms with Crippen LogP contribution in [0.25, 0.3) is 0 Å². The maximum Gasteiger partial charge on any atom is 0.124 e. The quantitative estimate of drug-likeness (QED) is 0.893. The summed E-state index contributed by atoms with van der Waals surface area (Å²) < 4.78 is 7.05. The first kappa shape index (κ1) is 13.9. The summed E-state index contributed by atoms with van der Waals surface area (Å²) in [7, 11) is 0. The van der Waals surface area contributed by atoms with Gasteiger partial charge in [-0.1, -0.05) is 35.2 Å². The van der Waals surface area contributed by atoms with Crippen LogP contribution in [0.4, 0.5) is 0 Å². The van der Waals surface area contributed by atoms with Crippen molar-refractivity contribution in [3.63, 3.8) is 0 Å². The maximum absolute atomic E-state index is 5.99. The van der Waals surface area contributed by atoms with Crippen LogP contribution in [-0.2, 0) is 0 Å².